The van der Waals surface area contributed by atoms with Gasteiger partial charge in [0.15, 0.2) is 0 Å². The van der Waals surface area contributed by atoms with Crippen molar-refractivity contribution in [1.82, 2.24) is 0 Å². The lowest BCUT2D eigenvalue weighted by molar-refractivity contribution is 0.302. The van der Waals surface area contributed by atoms with E-state index in [4.69, 9.17) is 0 Å². The van der Waals surface area contributed by atoms with Crippen LogP contribution in [0.3, 0.4) is 0 Å². The number of allylic oxidation sites excluding steroid dienone is 1. The minimum atomic E-state index is -0.139. The molecule has 1 aliphatic carbocycles. The molecule has 22 heavy (non-hydrogen) atoms. The van der Waals surface area contributed by atoms with E-state index >= 15 is 0 Å². The van der Waals surface area contributed by atoms with Crippen LogP contribution in [-0.2, 0) is 0 Å². The third-order valence-corrected chi connectivity index (χ3v) is 5.01. The minimum absolute atomic E-state index is 0.139. The van der Waals surface area contributed by atoms with Gasteiger partial charge in [0.05, 0.1) is 6.33 Å². The van der Waals surface area contributed by atoms with Crippen molar-refractivity contribution in [3.05, 3.63) is 48.1 Å². The molecule has 0 aliphatic heterocycles. The first-order chi connectivity index (χ1) is 10.8. The summed E-state index contributed by atoms with van der Waals surface area (Å²) in [5.74, 6) is 1.37. The Morgan fingerprint density at radius 3 is 2.27 bits per heavy atom. The normalized spacial score (nSPS) is 22.3. The molecule has 1 aromatic carbocycles. The van der Waals surface area contributed by atoms with E-state index in [1.54, 1.807) is 18.2 Å². The highest BCUT2D eigenvalue weighted by molar-refractivity contribution is 5.20. The average molecular weight is 306 g/mol. The fraction of sp³-hybridized carbons (Fsp3) is 0.600. The van der Waals surface area contributed by atoms with Crippen LogP contribution in [-0.4, -0.2) is 0 Å². The zero-order valence-electron chi connectivity index (χ0n) is 13.4. The van der Waals surface area contributed by atoms with Gasteiger partial charge in [-0.15, -0.1) is 0 Å². The highest BCUT2D eigenvalue weighted by Crippen LogP contribution is 2.37. The van der Waals surface area contributed by atoms with Crippen molar-refractivity contribution in [2.75, 3.05) is 0 Å². The third kappa shape index (κ3) is 5.90. The van der Waals surface area contributed by atoms with E-state index in [1.807, 2.05) is 12.1 Å². The van der Waals surface area contributed by atoms with Crippen molar-refractivity contribution in [3.63, 3.8) is 0 Å². The predicted octanol–water partition coefficient (Wildman–Crippen LogP) is 6.92. The van der Waals surface area contributed by atoms with Crippen LogP contribution in [0.15, 0.2) is 36.7 Å². The average Bonchev–Trinajstić information content (AvgIpc) is 2.55. The van der Waals surface area contributed by atoms with E-state index in [1.165, 1.54) is 56.9 Å². The van der Waals surface area contributed by atoms with Gasteiger partial charge >= 0.3 is 0 Å². The van der Waals surface area contributed by atoms with Crippen LogP contribution in [0.2, 0.25) is 0 Å². The van der Waals surface area contributed by atoms with Crippen LogP contribution in [0.5, 0.6) is 0 Å². The van der Waals surface area contributed by atoms with Gasteiger partial charge in [-0.25, -0.2) is 8.78 Å². The first-order valence-electron chi connectivity index (χ1n) is 8.80. The molecular formula is C20H28F2. The van der Waals surface area contributed by atoms with Gasteiger partial charge in [0, 0.05) is 0 Å². The topological polar surface area (TPSA) is 0 Å². The zero-order valence-corrected chi connectivity index (χ0v) is 13.4. The number of rotatable bonds is 8. The lowest BCUT2D eigenvalue weighted by Crippen LogP contribution is -2.13. The van der Waals surface area contributed by atoms with E-state index in [-0.39, 0.29) is 5.82 Å². The molecule has 1 aromatic rings. The van der Waals surface area contributed by atoms with E-state index in [2.05, 4.69) is 0 Å². The molecule has 0 bridgehead atoms. The second kappa shape index (κ2) is 9.76. The predicted molar refractivity (Wildman–Crippen MR) is 89.0 cm³/mol. The first kappa shape index (κ1) is 17.2. The van der Waals surface area contributed by atoms with Crippen molar-refractivity contribution in [1.29, 1.82) is 0 Å². The molecule has 2 heteroatoms. The molecule has 2 rings (SSSR count). The minimum Gasteiger partial charge on any atom is -0.216 e. The van der Waals surface area contributed by atoms with Gasteiger partial charge in [-0.1, -0.05) is 43.9 Å². The summed E-state index contributed by atoms with van der Waals surface area (Å²) in [5.41, 5.74) is 1.31. The van der Waals surface area contributed by atoms with Gasteiger partial charge in [0.1, 0.15) is 5.82 Å². The van der Waals surface area contributed by atoms with Crippen LogP contribution < -0.4 is 0 Å². The lowest BCUT2D eigenvalue weighted by Gasteiger charge is -2.28. The Morgan fingerprint density at radius 1 is 0.909 bits per heavy atom. The summed E-state index contributed by atoms with van der Waals surface area (Å²) in [7, 11) is 0. The third-order valence-electron chi connectivity index (χ3n) is 5.01. The van der Waals surface area contributed by atoms with Crippen LogP contribution >= 0.6 is 0 Å². The Labute approximate surface area is 133 Å². The molecule has 0 aromatic heterocycles. The van der Waals surface area contributed by atoms with Crippen LogP contribution in [0, 0.1) is 11.7 Å². The van der Waals surface area contributed by atoms with Gasteiger partial charge in [0.25, 0.3) is 0 Å². The van der Waals surface area contributed by atoms with Crippen molar-refractivity contribution in [2.24, 2.45) is 5.92 Å². The van der Waals surface area contributed by atoms with Gasteiger partial charge in [-0.3, -0.25) is 0 Å². The molecule has 1 aliphatic rings. The number of halogens is 2. The quantitative estimate of drug-likeness (QED) is 0.457. The Balaban J connectivity index is 1.58. The van der Waals surface area contributed by atoms with E-state index in [0.717, 1.165) is 18.8 Å². The monoisotopic (exact) mass is 306 g/mol. The molecule has 1 saturated carbocycles. The van der Waals surface area contributed by atoms with Gasteiger partial charge < -0.3 is 0 Å². The molecule has 0 atom stereocenters. The Kier molecular flexibility index (Phi) is 7.62. The van der Waals surface area contributed by atoms with Gasteiger partial charge in [-0.2, -0.15) is 0 Å². The molecule has 0 radical (unpaired) electrons. The largest absolute Gasteiger partial charge is 0.216 e. The fourth-order valence-corrected chi connectivity index (χ4v) is 3.63. The second-order valence-electron chi connectivity index (χ2n) is 6.62. The maximum absolute atomic E-state index is 13.0. The summed E-state index contributed by atoms with van der Waals surface area (Å²) in [6, 6.07) is 7.07. The molecule has 1 fully saturated rings. The summed E-state index contributed by atoms with van der Waals surface area (Å²) in [6.45, 7) is 0. The summed E-state index contributed by atoms with van der Waals surface area (Å²) in [6.07, 6.45) is 14.5. The van der Waals surface area contributed by atoms with E-state index in [0.29, 0.717) is 12.2 Å². The highest BCUT2D eigenvalue weighted by Gasteiger charge is 2.21. The standard InChI is InChI=1S/C20H28F2/c21-16-6-4-2-1-3-5-7-17-8-10-18(11-9-17)19-12-14-20(22)15-13-19/h6,12-18H,1-5,7-11H2/t17-,18-. The smallest absolute Gasteiger partial charge is 0.123 e. The van der Waals surface area contributed by atoms with Crippen LogP contribution in [0.4, 0.5) is 8.78 Å². The Bertz CT molecular complexity index is 428. The summed E-state index contributed by atoms with van der Waals surface area (Å²) in [5, 5.41) is 0. The van der Waals surface area contributed by atoms with Gasteiger partial charge in [0.2, 0.25) is 0 Å². The molecule has 122 valence electrons. The Hall–Kier alpha value is -1.18. The van der Waals surface area contributed by atoms with Crippen LogP contribution in [0.1, 0.15) is 75.7 Å². The van der Waals surface area contributed by atoms with Crippen molar-refractivity contribution >= 4 is 0 Å². The number of benzene rings is 1. The SMILES string of the molecule is FC=CCCCCCC[C@H]1CC[C@H](c2ccc(F)cc2)CC1. The molecule has 0 saturated heterocycles. The van der Waals surface area contributed by atoms with Crippen molar-refractivity contribution in [3.8, 4) is 0 Å². The second-order valence-corrected chi connectivity index (χ2v) is 6.62. The number of hydrogen-bond acceptors (Lipinski definition) is 0. The molecule has 0 spiro atoms. The number of hydrogen-bond donors (Lipinski definition) is 0. The van der Waals surface area contributed by atoms with Crippen molar-refractivity contribution in [2.45, 2.75) is 70.1 Å². The fourth-order valence-electron chi connectivity index (χ4n) is 3.63. The molecule has 0 amide bonds. The molecule has 0 N–H and O–H groups in total. The summed E-state index contributed by atoms with van der Waals surface area (Å²) in [4.78, 5) is 0. The molecule has 0 nitrogen and oxygen atoms in total. The number of unbranched alkanes of at least 4 members (excludes halogenated alkanes) is 4. The van der Waals surface area contributed by atoms with Crippen molar-refractivity contribution < 1.29 is 8.78 Å². The molecule has 0 unspecified atom stereocenters. The first-order valence-corrected chi connectivity index (χ1v) is 8.80. The summed E-state index contributed by atoms with van der Waals surface area (Å²) < 4.78 is 24.8. The molecular weight excluding hydrogens is 278 g/mol. The maximum Gasteiger partial charge on any atom is 0.123 e. The zero-order chi connectivity index (χ0) is 15.6. The highest BCUT2D eigenvalue weighted by atomic mass is 19.1. The van der Waals surface area contributed by atoms with Crippen LogP contribution in [0.25, 0.3) is 0 Å². The lowest BCUT2D eigenvalue weighted by atomic mass is 9.77. The van der Waals surface area contributed by atoms with E-state index < -0.39 is 0 Å². The molecule has 0 heterocycles. The maximum atomic E-state index is 13.0. The van der Waals surface area contributed by atoms with E-state index in [9.17, 15) is 8.78 Å². The summed E-state index contributed by atoms with van der Waals surface area (Å²) >= 11 is 0. The van der Waals surface area contributed by atoms with Gasteiger partial charge in [-0.05, 0) is 68.1 Å². The Morgan fingerprint density at radius 2 is 1.59 bits per heavy atom.